The fraction of sp³-hybridized carbons (Fsp3) is 0.667. The molecule has 1 aromatic heterocycles. The standard InChI is InChI=1S/C12H17N3OS/c16-11-12(3-1-5-13-11)4-2-6-15(12)8-10-7-14-17-9-10/h7,9H,1-6,8H2,(H,13,16). The van der Waals surface area contributed by atoms with E-state index < -0.39 is 0 Å². The Balaban J connectivity index is 1.81. The molecule has 0 aromatic carbocycles. The van der Waals surface area contributed by atoms with Gasteiger partial charge in [0.2, 0.25) is 5.91 Å². The van der Waals surface area contributed by atoms with E-state index in [1.54, 1.807) is 0 Å². The van der Waals surface area contributed by atoms with E-state index in [0.29, 0.717) is 0 Å². The van der Waals surface area contributed by atoms with Crippen LogP contribution in [0, 0.1) is 0 Å². The minimum absolute atomic E-state index is 0.222. The minimum atomic E-state index is -0.222. The quantitative estimate of drug-likeness (QED) is 0.864. The first-order chi connectivity index (χ1) is 8.31. The van der Waals surface area contributed by atoms with Gasteiger partial charge in [-0.15, -0.1) is 0 Å². The summed E-state index contributed by atoms with van der Waals surface area (Å²) in [4.78, 5) is 14.5. The Morgan fingerprint density at radius 2 is 2.35 bits per heavy atom. The fourth-order valence-corrected chi connectivity index (χ4v) is 3.62. The third-order valence-electron chi connectivity index (χ3n) is 3.96. The van der Waals surface area contributed by atoms with Crippen molar-refractivity contribution >= 4 is 17.4 Å². The smallest absolute Gasteiger partial charge is 0.240 e. The predicted molar refractivity (Wildman–Crippen MR) is 66.7 cm³/mol. The van der Waals surface area contributed by atoms with E-state index in [0.717, 1.165) is 45.3 Å². The number of nitrogens with zero attached hydrogens (tertiary/aromatic N) is 2. The van der Waals surface area contributed by atoms with Crippen molar-refractivity contribution in [3.63, 3.8) is 0 Å². The van der Waals surface area contributed by atoms with Gasteiger partial charge in [-0.2, -0.15) is 0 Å². The molecule has 1 unspecified atom stereocenters. The third-order valence-corrected chi connectivity index (χ3v) is 4.59. The second-order valence-electron chi connectivity index (χ2n) is 4.95. The van der Waals surface area contributed by atoms with Gasteiger partial charge in [0, 0.05) is 24.7 Å². The van der Waals surface area contributed by atoms with Gasteiger partial charge < -0.3 is 5.32 Å². The molecule has 0 bridgehead atoms. The van der Waals surface area contributed by atoms with Gasteiger partial charge >= 0.3 is 0 Å². The number of hydrogen-bond acceptors (Lipinski definition) is 4. The minimum Gasteiger partial charge on any atom is -0.354 e. The Labute approximate surface area is 105 Å². The van der Waals surface area contributed by atoms with Gasteiger partial charge in [0.05, 0.1) is 0 Å². The monoisotopic (exact) mass is 251 g/mol. The fourth-order valence-electron chi connectivity index (χ4n) is 3.09. The number of hydrogen-bond donors (Lipinski definition) is 1. The van der Waals surface area contributed by atoms with Crippen LogP contribution < -0.4 is 5.32 Å². The van der Waals surface area contributed by atoms with Crippen LogP contribution >= 0.6 is 11.5 Å². The molecule has 92 valence electrons. The summed E-state index contributed by atoms with van der Waals surface area (Å²) in [6, 6.07) is 0. The van der Waals surface area contributed by atoms with E-state index >= 15 is 0 Å². The molecule has 3 rings (SSSR count). The summed E-state index contributed by atoms with van der Waals surface area (Å²) in [7, 11) is 0. The lowest BCUT2D eigenvalue weighted by Crippen LogP contribution is -2.58. The van der Waals surface area contributed by atoms with Gasteiger partial charge in [-0.05, 0) is 49.3 Å². The zero-order chi connectivity index (χ0) is 11.7. The average molecular weight is 251 g/mol. The van der Waals surface area contributed by atoms with Gasteiger partial charge in [-0.3, -0.25) is 9.69 Å². The van der Waals surface area contributed by atoms with E-state index in [4.69, 9.17) is 0 Å². The molecule has 5 heteroatoms. The van der Waals surface area contributed by atoms with Gasteiger partial charge in [-0.25, -0.2) is 4.37 Å². The normalized spacial score (nSPS) is 29.8. The molecule has 2 aliphatic rings. The summed E-state index contributed by atoms with van der Waals surface area (Å²) in [6.45, 7) is 2.74. The van der Waals surface area contributed by atoms with Crippen molar-refractivity contribution in [3.05, 3.63) is 17.1 Å². The predicted octanol–water partition coefficient (Wildman–Crippen LogP) is 1.39. The van der Waals surface area contributed by atoms with E-state index in [-0.39, 0.29) is 11.4 Å². The highest BCUT2D eigenvalue weighted by molar-refractivity contribution is 7.03. The number of carbonyl (C=O) groups excluding carboxylic acids is 1. The molecule has 1 aromatic rings. The average Bonchev–Trinajstić information content (AvgIpc) is 2.95. The van der Waals surface area contributed by atoms with Gasteiger partial charge in [0.15, 0.2) is 0 Å². The first-order valence-corrected chi connectivity index (χ1v) is 7.06. The molecule has 0 radical (unpaired) electrons. The SMILES string of the molecule is O=C1NCCCC12CCCN2Cc1cnsc1. The topological polar surface area (TPSA) is 45.2 Å². The molecule has 1 spiro atoms. The van der Waals surface area contributed by atoms with Gasteiger partial charge in [0.25, 0.3) is 0 Å². The third kappa shape index (κ3) is 1.87. The number of likely N-dealkylation sites (tertiary alicyclic amines) is 1. The number of piperidine rings is 1. The Hall–Kier alpha value is -0.940. The van der Waals surface area contributed by atoms with E-state index in [1.165, 1.54) is 17.1 Å². The number of aromatic nitrogens is 1. The number of rotatable bonds is 2. The molecule has 17 heavy (non-hydrogen) atoms. The molecule has 1 atom stereocenters. The molecule has 2 fully saturated rings. The van der Waals surface area contributed by atoms with E-state index in [2.05, 4.69) is 20.0 Å². The summed E-state index contributed by atoms with van der Waals surface area (Å²) >= 11 is 1.48. The Morgan fingerprint density at radius 1 is 1.47 bits per heavy atom. The van der Waals surface area contributed by atoms with Crippen LogP contribution in [0.5, 0.6) is 0 Å². The lowest BCUT2D eigenvalue weighted by atomic mass is 9.86. The van der Waals surface area contributed by atoms with E-state index in [1.807, 2.05) is 6.20 Å². The first kappa shape index (κ1) is 11.2. The largest absolute Gasteiger partial charge is 0.354 e. The van der Waals surface area contributed by atoms with Crippen LogP contribution in [0.2, 0.25) is 0 Å². The number of carbonyl (C=O) groups is 1. The van der Waals surface area contributed by atoms with Crippen molar-refractivity contribution in [2.45, 2.75) is 37.8 Å². The molecule has 0 aliphatic carbocycles. The van der Waals surface area contributed by atoms with Crippen LogP contribution in [0.1, 0.15) is 31.2 Å². The molecule has 4 nitrogen and oxygen atoms in total. The number of nitrogens with one attached hydrogen (secondary N) is 1. The van der Waals surface area contributed by atoms with Gasteiger partial charge in [-0.1, -0.05) is 0 Å². The van der Waals surface area contributed by atoms with Crippen LogP contribution in [-0.4, -0.2) is 33.8 Å². The summed E-state index contributed by atoms with van der Waals surface area (Å²) < 4.78 is 4.13. The molecule has 0 saturated carbocycles. The van der Waals surface area contributed by atoms with Crippen LogP contribution in [0.25, 0.3) is 0 Å². The highest BCUT2D eigenvalue weighted by Gasteiger charge is 2.48. The maximum atomic E-state index is 12.2. The van der Waals surface area contributed by atoms with Crippen LogP contribution in [0.15, 0.2) is 11.6 Å². The molecule has 2 aliphatic heterocycles. The van der Waals surface area contributed by atoms with E-state index in [9.17, 15) is 4.79 Å². The lowest BCUT2D eigenvalue weighted by Gasteiger charge is -2.40. The molecular weight excluding hydrogens is 234 g/mol. The Bertz CT molecular complexity index is 406. The van der Waals surface area contributed by atoms with Crippen LogP contribution in [0.3, 0.4) is 0 Å². The number of amides is 1. The Morgan fingerprint density at radius 3 is 3.12 bits per heavy atom. The van der Waals surface area contributed by atoms with Crippen molar-refractivity contribution in [2.75, 3.05) is 13.1 Å². The second-order valence-corrected chi connectivity index (χ2v) is 5.61. The lowest BCUT2D eigenvalue weighted by molar-refractivity contribution is -0.134. The van der Waals surface area contributed by atoms with Crippen LogP contribution in [0.4, 0.5) is 0 Å². The van der Waals surface area contributed by atoms with Crippen molar-refractivity contribution in [2.24, 2.45) is 0 Å². The summed E-state index contributed by atoms with van der Waals surface area (Å²) in [6.07, 6.45) is 6.17. The van der Waals surface area contributed by atoms with Crippen molar-refractivity contribution < 1.29 is 4.79 Å². The zero-order valence-corrected chi connectivity index (χ0v) is 10.6. The maximum absolute atomic E-state index is 12.2. The van der Waals surface area contributed by atoms with Crippen molar-refractivity contribution in [3.8, 4) is 0 Å². The van der Waals surface area contributed by atoms with Crippen LogP contribution in [-0.2, 0) is 11.3 Å². The molecule has 1 N–H and O–H groups in total. The van der Waals surface area contributed by atoms with Crippen molar-refractivity contribution in [1.29, 1.82) is 0 Å². The molecule has 2 saturated heterocycles. The summed E-state index contributed by atoms with van der Waals surface area (Å²) in [5, 5.41) is 5.11. The highest BCUT2D eigenvalue weighted by Crippen LogP contribution is 2.36. The summed E-state index contributed by atoms with van der Waals surface area (Å²) in [5.41, 5.74) is 1.01. The Kier molecular flexibility index (Phi) is 2.88. The second kappa shape index (κ2) is 4.38. The van der Waals surface area contributed by atoms with Crippen molar-refractivity contribution in [1.82, 2.24) is 14.6 Å². The molecular formula is C12H17N3OS. The zero-order valence-electron chi connectivity index (χ0n) is 9.82. The molecule has 1 amide bonds. The highest BCUT2D eigenvalue weighted by atomic mass is 32.1. The first-order valence-electron chi connectivity index (χ1n) is 6.23. The maximum Gasteiger partial charge on any atom is 0.240 e. The summed E-state index contributed by atoms with van der Waals surface area (Å²) in [5.74, 6) is 0.240. The van der Waals surface area contributed by atoms with Gasteiger partial charge in [0.1, 0.15) is 5.54 Å². The molecule has 3 heterocycles.